The van der Waals surface area contributed by atoms with Gasteiger partial charge in [0.15, 0.2) is 0 Å². The number of carbonyl (C=O) groups is 1. The fourth-order valence-electron chi connectivity index (χ4n) is 2.62. The summed E-state index contributed by atoms with van der Waals surface area (Å²) in [5, 5.41) is 2.59. The summed E-state index contributed by atoms with van der Waals surface area (Å²) in [5.41, 5.74) is 0.972. The molecule has 0 unspecified atom stereocenters. The minimum atomic E-state index is -3.76. The first kappa shape index (κ1) is 14.8. The first-order valence-electron chi connectivity index (χ1n) is 6.74. The van der Waals surface area contributed by atoms with Gasteiger partial charge in [0.05, 0.1) is 22.5 Å². The lowest BCUT2D eigenvalue weighted by molar-refractivity contribution is -0.122. The molecule has 1 N–H and O–H groups in total. The SMILES string of the molecule is Cn1c(=O)n(C)c2cc(S(=O)(=O)N3CCNC(=O)C3)ccc21. The second-order valence-corrected chi connectivity index (χ2v) is 7.18. The number of rotatable bonds is 2. The van der Waals surface area contributed by atoms with E-state index in [0.29, 0.717) is 17.6 Å². The maximum atomic E-state index is 12.6. The first-order chi connectivity index (χ1) is 10.3. The van der Waals surface area contributed by atoms with E-state index in [1.54, 1.807) is 20.2 Å². The summed E-state index contributed by atoms with van der Waals surface area (Å²) < 4.78 is 29.3. The number of sulfonamides is 1. The van der Waals surface area contributed by atoms with E-state index < -0.39 is 10.0 Å². The van der Waals surface area contributed by atoms with Crippen molar-refractivity contribution in [2.75, 3.05) is 19.6 Å². The molecule has 0 bridgehead atoms. The number of nitrogens with zero attached hydrogens (tertiary/aromatic N) is 3. The lowest BCUT2D eigenvalue weighted by Crippen LogP contribution is -2.49. The molecule has 1 aromatic carbocycles. The topological polar surface area (TPSA) is 93.4 Å². The molecular weight excluding hydrogens is 308 g/mol. The molecule has 22 heavy (non-hydrogen) atoms. The summed E-state index contributed by atoms with van der Waals surface area (Å²) in [7, 11) is -0.533. The second kappa shape index (κ2) is 4.96. The van der Waals surface area contributed by atoms with Crippen LogP contribution < -0.4 is 11.0 Å². The fourth-order valence-corrected chi connectivity index (χ4v) is 4.03. The molecule has 0 radical (unpaired) electrons. The summed E-state index contributed by atoms with van der Waals surface area (Å²) in [6, 6.07) is 4.54. The van der Waals surface area contributed by atoms with Crippen LogP contribution in [0.25, 0.3) is 11.0 Å². The molecule has 0 saturated carbocycles. The van der Waals surface area contributed by atoms with E-state index in [9.17, 15) is 18.0 Å². The van der Waals surface area contributed by atoms with Gasteiger partial charge in [-0.2, -0.15) is 4.31 Å². The van der Waals surface area contributed by atoms with Crippen LogP contribution in [0.3, 0.4) is 0 Å². The standard InChI is InChI=1S/C13H16N4O4S/c1-15-10-4-3-9(7-11(10)16(2)13(15)19)22(20,21)17-6-5-14-12(18)8-17/h3-4,7H,5-6,8H2,1-2H3,(H,14,18). The average molecular weight is 324 g/mol. The third kappa shape index (κ3) is 2.13. The number of hydrogen-bond acceptors (Lipinski definition) is 4. The largest absolute Gasteiger partial charge is 0.354 e. The van der Waals surface area contributed by atoms with Crippen molar-refractivity contribution in [3.8, 4) is 0 Å². The Labute approximate surface area is 127 Å². The summed E-state index contributed by atoms with van der Waals surface area (Å²) >= 11 is 0. The second-order valence-electron chi connectivity index (χ2n) is 5.24. The highest BCUT2D eigenvalue weighted by Gasteiger charge is 2.29. The molecular formula is C13H16N4O4S. The van der Waals surface area contributed by atoms with Gasteiger partial charge in [0.2, 0.25) is 15.9 Å². The Morgan fingerprint density at radius 1 is 1.09 bits per heavy atom. The smallest absolute Gasteiger partial charge is 0.328 e. The van der Waals surface area contributed by atoms with Crippen LogP contribution >= 0.6 is 0 Å². The maximum absolute atomic E-state index is 12.6. The van der Waals surface area contributed by atoms with Gasteiger partial charge in [-0.3, -0.25) is 13.9 Å². The molecule has 0 spiro atoms. The van der Waals surface area contributed by atoms with E-state index in [1.165, 1.54) is 21.3 Å². The van der Waals surface area contributed by atoms with Gasteiger partial charge in [-0.1, -0.05) is 0 Å². The summed E-state index contributed by atoms with van der Waals surface area (Å²) in [4.78, 5) is 23.4. The number of aryl methyl sites for hydroxylation is 2. The van der Waals surface area contributed by atoms with E-state index in [1.807, 2.05) is 0 Å². The van der Waals surface area contributed by atoms with Crippen molar-refractivity contribution in [2.45, 2.75) is 4.90 Å². The van der Waals surface area contributed by atoms with Crippen molar-refractivity contribution >= 4 is 27.0 Å². The first-order valence-corrected chi connectivity index (χ1v) is 8.18. The molecule has 2 heterocycles. The maximum Gasteiger partial charge on any atom is 0.328 e. The Kier molecular flexibility index (Phi) is 3.33. The Morgan fingerprint density at radius 3 is 2.45 bits per heavy atom. The van der Waals surface area contributed by atoms with Gasteiger partial charge in [-0.15, -0.1) is 0 Å². The third-order valence-electron chi connectivity index (χ3n) is 3.88. The molecule has 1 aromatic heterocycles. The Balaban J connectivity index is 2.11. The van der Waals surface area contributed by atoms with Crippen LogP contribution in [0.1, 0.15) is 0 Å². The molecule has 118 valence electrons. The highest BCUT2D eigenvalue weighted by Crippen LogP contribution is 2.21. The molecule has 8 nitrogen and oxygen atoms in total. The molecule has 9 heteroatoms. The lowest BCUT2D eigenvalue weighted by Gasteiger charge is -2.25. The third-order valence-corrected chi connectivity index (χ3v) is 5.73. The van der Waals surface area contributed by atoms with Crippen molar-refractivity contribution in [1.82, 2.24) is 18.8 Å². The zero-order valence-corrected chi connectivity index (χ0v) is 13.1. The van der Waals surface area contributed by atoms with E-state index in [2.05, 4.69) is 5.32 Å². The van der Waals surface area contributed by atoms with E-state index in [4.69, 9.17) is 0 Å². The number of amides is 1. The van der Waals surface area contributed by atoms with E-state index >= 15 is 0 Å². The van der Waals surface area contributed by atoms with Gasteiger partial charge in [0.1, 0.15) is 0 Å². The van der Waals surface area contributed by atoms with Crippen molar-refractivity contribution in [2.24, 2.45) is 14.1 Å². The summed E-state index contributed by atoms with van der Waals surface area (Å²) in [6.07, 6.45) is 0. The Bertz CT molecular complexity index is 925. The molecule has 1 aliphatic heterocycles. The zero-order valence-electron chi connectivity index (χ0n) is 12.2. The van der Waals surface area contributed by atoms with Crippen LogP contribution in [0.15, 0.2) is 27.9 Å². The predicted molar refractivity (Wildman–Crippen MR) is 79.9 cm³/mol. The monoisotopic (exact) mass is 324 g/mol. The number of fused-ring (bicyclic) bond motifs is 1. The number of nitrogens with one attached hydrogen (secondary N) is 1. The Morgan fingerprint density at radius 2 is 1.77 bits per heavy atom. The van der Waals surface area contributed by atoms with Crippen LogP contribution in [0.4, 0.5) is 0 Å². The van der Waals surface area contributed by atoms with Gasteiger partial charge in [0.25, 0.3) is 0 Å². The predicted octanol–water partition coefficient (Wildman–Crippen LogP) is -1.00. The van der Waals surface area contributed by atoms with Gasteiger partial charge >= 0.3 is 5.69 Å². The van der Waals surface area contributed by atoms with Crippen molar-refractivity contribution < 1.29 is 13.2 Å². The minimum Gasteiger partial charge on any atom is -0.354 e. The number of piperazine rings is 1. The Hall–Kier alpha value is -2.13. The van der Waals surface area contributed by atoms with Crippen LogP contribution in [-0.2, 0) is 28.9 Å². The molecule has 2 aromatic rings. The molecule has 3 rings (SSSR count). The highest BCUT2D eigenvalue weighted by molar-refractivity contribution is 7.89. The molecule has 0 aliphatic carbocycles. The number of aromatic nitrogens is 2. The highest BCUT2D eigenvalue weighted by atomic mass is 32.2. The summed E-state index contributed by atoms with van der Waals surface area (Å²) in [6.45, 7) is 0.345. The minimum absolute atomic E-state index is 0.0795. The van der Waals surface area contributed by atoms with Crippen molar-refractivity contribution in [1.29, 1.82) is 0 Å². The van der Waals surface area contributed by atoms with Crippen LogP contribution in [0.2, 0.25) is 0 Å². The van der Waals surface area contributed by atoms with Crippen molar-refractivity contribution in [3.05, 3.63) is 28.7 Å². The van der Waals surface area contributed by atoms with Gasteiger partial charge in [0, 0.05) is 27.2 Å². The average Bonchev–Trinajstić information content (AvgIpc) is 2.72. The molecule has 1 saturated heterocycles. The van der Waals surface area contributed by atoms with Crippen molar-refractivity contribution in [3.63, 3.8) is 0 Å². The van der Waals surface area contributed by atoms with Crippen LogP contribution in [0, 0.1) is 0 Å². The number of hydrogen-bond donors (Lipinski definition) is 1. The molecule has 0 atom stereocenters. The lowest BCUT2D eigenvalue weighted by atomic mass is 10.3. The molecule has 1 amide bonds. The quantitative estimate of drug-likeness (QED) is 0.766. The van der Waals surface area contributed by atoms with Gasteiger partial charge < -0.3 is 5.32 Å². The number of carbonyl (C=O) groups excluding carboxylic acids is 1. The van der Waals surface area contributed by atoms with Crippen LogP contribution in [-0.4, -0.2) is 47.4 Å². The van der Waals surface area contributed by atoms with Gasteiger partial charge in [-0.25, -0.2) is 13.2 Å². The van der Waals surface area contributed by atoms with E-state index in [-0.39, 0.29) is 29.6 Å². The molecule has 1 aliphatic rings. The summed E-state index contributed by atoms with van der Waals surface area (Å²) in [5.74, 6) is -0.317. The number of imidazole rings is 1. The van der Waals surface area contributed by atoms with E-state index in [0.717, 1.165) is 4.31 Å². The number of benzene rings is 1. The zero-order chi connectivity index (χ0) is 16.1. The molecule has 1 fully saturated rings. The normalized spacial score (nSPS) is 16.9. The van der Waals surface area contributed by atoms with Gasteiger partial charge in [-0.05, 0) is 18.2 Å². The fraction of sp³-hybridized carbons (Fsp3) is 0.385. The van der Waals surface area contributed by atoms with Crippen LogP contribution in [0.5, 0.6) is 0 Å².